The minimum atomic E-state index is -0.0630. The van der Waals surface area contributed by atoms with Crippen molar-refractivity contribution in [2.75, 3.05) is 26.3 Å². The molecule has 8 heteroatoms. The fourth-order valence-corrected chi connectivity index (χ4v) is 3.54. The van der Waals surface area contributed by atoms with Crippen LogP contribution in [-0.2, 0) is 11.3 Å². The van der Waals surface area contributed by atoms with Gasteiger partial charge >= 0.3 is 0 Å². The van der Waals surface area contributed by atoms with Gasteiger partial charge in [0.2, 0.25) is 5.91 Å². The third kappa shape index (κ3) is 3.94. The molecular formula is C19H22N4O4. The molecule has 2 aromatic rings. The van der Waals surface area contributed by atoms with Crippen molar-refractivity contribution in [2.45, 2.75) is 25.8 Å². The molecule has 1 aromatic carbocycles. The zero-order valence-electron chi connectivity index (χ0n) is 15.0. The number of carbonyl (C=O) groups is 2. The SMILES string of the molecule is O=C(c1ccc2c(c1)OCCO2)C1CCN(C(=O)CCn2cncn2)CC1. The highest BCUT2D eigenvalue weighted by Gasteiger charge is 2.28. The zero-order valence-corrected chi connectivity index (χ0v) is 15.0. The summed E-state index contributed by atoms with van der Waals surface area (Å²) in [6.45, 7) is 2.77. The van der Waals surface area contributed by atoms with E-state index < -0.39 is 0 Å². The lowest BCUT2D eigenvalue weighted by Gasteiger charge is -2.31. The minimum Gasteiger partial charge on any atom is -0.486 e. The molecule has 1 saturated heterocycles. The number of amides is 1. The highest BCUT2D eigenvalue weighted by atomic mass is 16.6. The van der Waals surface area contributed by atoms with Crippen LogP contribution in [0, 0.1) is 5.92 Å². The summed E-state index contributed by atoms with van der Waals surface area (Å²) in [5, 5.41) is 4.00. The Morgan fingerprint density at radius 2 is 1.89 bits per heavy atom. The molecule has 0 aliphatic carbocycles. The molecule has 4 rings (SSSR count). The molecule has 0 radical (unpaired) electrons. The lowest BCUT2D eigenvalue weighted by Crippen LogP contribution is -2.40. The number of nitrogens with zero attached hydrogens (tertiary/aromatic N) is 4. The van der Waals surface area contributed by atoms with E-state index in [9.17, 15) is 9.59 Å². The maximum atomic E-state index is 12.8. The van der Waals surface area contributed by atoms with E-state index in [4.69, 9.17) is 9.47 Å². The smallest absolute Gasteiger partial charge is 0.224 e. The molecule has 2 aliphatic rings. The molecular weight excluding hydrogens is 348 g/mol. The van der Waals surface area contributed by atoms with Crippen LogP contribution in [0.4, 0.5) is 0 Å². The number of Topliss-reactive ketones (excluding diaryl/α,β-unsaturated/α-hetero) is 1. The van der Waals surface area contributed by atoms with Crippen molar-refractivity contribution in [1.29, 1.82) is 0 Å². The maximum Gasteiger partial charge on any atom is 0.224 e. The number of fused-ring (bicyclic) bond motifs is 1. The highest BCUT2D eigenvalue weighted by molar-refractivity contribution is 5.98. The van der Waals surface area contributed by atoms with Crippen molar-refractivity contribution in [3.05, 3.63) is 36.4 Å². The monoisotopic (exact) mass is 370 g/mol. The number of hydrogen-bond donors (Lipinski definition) is 0. The van der Waals surface area contributed by atoms with E-state index in [1.54, 1.807) is 29.2 Å². The van der Waals surface area contributed by atoms with Crippen molar-refractivity contribution in [3.8, 4) is 11.5 Å². The normalized spacial score (nSPS) is 17.0. The van der Waals surface area contributed by atoms with Gasteiger partial charge in [-0.05, 0) is 31.0 Å². The molecule has 0 atom stereocenters. The highest BCUT2D eigenvalue weighted by Crippen LogP contribution is 2.32. The van der Waals surface area contributed by atoms with Crippen molar-refractivity contribution in [2.24, 2.45) is 5.92 Å². The lowest BCUT2D eigenvalue weighted by atomic mass is 9.88. The van der Waals surface area contributed by atoms with Gasteiger partial charge in [-0.15, -0.1) is 0 Å². The van der Waals surface area contributed by atoms with E-state index in [0.717, 1.165) is 0 Å². The molecule has 1 fully saturated rings. The molecule has 0 N–H and O–H groups in total. The summed E-state index contributed by atoms with van der Waals surface area (Å²) < 4.78 is 12.7. The fourth-order valence-electron chi connectivity index (χ4n) is 3.54. The molecule has 1 aromatic heterocycles. The fraction of sp³-hybridized carbons (Fsp3) is 0.474. The molecule has 27 heavy (non-hydrogen) atoms. The summed E-state index contributed by atoms with van der Waals surface area (Å²) in [5.41, 5.74) is 0.648. The van der Waals surface area contributed by atoms with Crippen LogP contribution in [0.2, 0.25) is 0 Å². The first-order valence-electron chi connectivity index (χ1n) is 9.25. The Balaban J connectivity index is 1.30. The molecule has 0 unspecified atom stereocenters. The van der Waals surface area contributed by atoms with Crippen molar-refractivity contribution < 1.29 is 19.1 Å². The van der Waals surface area contributed by atoms with Crippen LogP contribution in [-0.4, -0.2) is 57.7 Å². The van der Waals surface area contributed by atoms with Gasteiger partial charge in [0.1, 0.15) is 25.9 Å². The van der Waals surface area contributed by atoms with Crippen LogP contribution < -0.4 is 9.47 Å². The number of ketones is 1. The quantitative estimate of drug-likeness (QED) is 0.743. The summed E-state index contributed by atoms with van der Waals surface area (Å²) in [5.74, 6) is 1.46. The number of hydrogen-bond acceptors (Lipinski definition) is 6. The van der Waals surface area contributed by atoms with Gasteiger partial charge in [0.25, 0.3) is 0 Å². The van der Waals surface area contributed by atoms with Gasteiger partial charge in [-0.1, -0.05) is 0 Å². The standard InChI is InChI=1S/C19H22N4O4/c24-18(5-8-23-13-20-12-21-23)22-6-3-14(4-7-22)19(25)15-1-2-16-17(11-15)27-10-9-26-16/h1-2,11-14H,3-10H2. The third-order valence-electron chi connectivity index (χ3n) is 5.07. The van der Waals surface area contributed by atoms with Gasteiger partial charge in [-0.25, -0.2) is 4.98 Å². The molecule has 8 nitrogen and oxygen atoms in total. The van der Waals surface area contributed by atoms with Crippen LogP contribution >= 0.6 is 0 Å². The molecule has 3 heterocycles. The molecule has 0 spiro atoms. The summed E-state index contributed by atoms with van der Waals surface area (Å²) in [7, 11) is 0. The Morgan fingerprint density at radius 1 is 1.11 bits per heavy atom. The number of aryl methyl sites for hydroxylation is 1. The van der Waals surface area contributed by atoms with Crippen molar-refractivity contribution in [3.63, 3.8) is 0 Å². The molecule has 0 bridgehead atoms. The number of benzene rings is 1. The second kappa shape index (κ2) is 7.77. The maximum absolute atomic E-state index is 12.8. The first-order chi connectivity index (χ1) is 13.2. The third-order valence-corrected chi connectivity index (χ3v) is 5.07. The molecule has 1 amide bonds. The van der Waals surface area contributed by atoms with Crippen LogP contribution in [0.25, 0.3) is 0 Å². The predicted octanol–water partition coefficient (Wildman–Crippen LogP) is 1.56. The van der Waals surface area contributed by atoms with E-state index >= 15 is 0 Å². The molecule has 142 valence electrons. The van der Waals surface area contributed by atoms with Crippen LogP contribution in [0.3, 0.4) is 0 Å². The number of piperidine rings is 1. The Hall–Kier alpha value is -2.90. The van der Waals surface area contributed by atoms with E-state index in [2.05, 4.69) is 10.1 Å². The van der Waals surface area contributed by atoms with Gasteiger partial charge in [0.05, 0.1) is 6.54 Å². The second-order valence-corrected chi connectivity index (χ2v) is 6.79. The Labute approximate surface area is 157 Å². The van der Waals surface area contributed by atoms with Gasteiger partial charge in [0.15, 0.2) is 17.3 Å². The number of rotatable bonds is 5. The summed E-state index contributed by atoms with van der Waals surface area (Å²) in [6.07, 6.45) is 4.82. The topological polar surface area (TPSA) is 86.5 Å². The first-order valence-corrected chi connectivity index (χ1v) is 9.25. The van der Waals surface area contributed by atoms with E-state index in [1.165, 1.54) is 6.33 Å². The van der Waals surface area contributed by atoms with Crippen LogP contribution in [0.15, 0.2) is 30.9 Å². The van der Waals surface area contributed by atoms with Crippen molar-refractivity contribution in [1.82, 2.24) is 19.7 Å². The number of ether oxygens (including phenoxy) is 2. The van der Waals surface area contributed by atoms with Crippen LogP contribution in [0.1, 0.15) is 29.6 Å². The van der Waals surface area contributed by atoms with Gasteiger partial charge in [-0.2, -0.15) is 5.10 Å². The van der Waals surface area contributed by atoms with E-state index in [-0.39, 0.29) is 17.6 Å². The predicted molar refractivity (Wildman–Crippen MR) is 95.7 cm³/mol. The molecule has 2 aliphatic heterocycles. The largest absolute Gasteiger partial charge is 0.486 e. The Morgan fingerprint density at radius 3 is 2.63 bits per heavy atom. The number of carbonyl (C=O) groups excluding carboxylic acids is 2. The lowest BCUT2D eigenvalue weighted by molar-refractivity contribution is -0.132. The zero-order chi connectivity index (χ0) is 18.6. The molecule has 0 saturated carbocycles. The Bertz CT molecular complexity index is 813. The second-order valence-electron chi connectivity index (χ2n) is 6.79. The van der Waals surface area contributed by atoms with E-state index in [0.29, 0.717) is 69.2 Å². The van der Waals surface area contributed by atoms with Gasteiger partial charge in [-0.3, -0.25) is 14.3 Å². The Kier molecular flexibility index (Phi) is 5.04. The summed E-state index contributed by atoms with van der Waals surface area (Å²) in [6, 6.07) is 5.36. The van der Waals surface area contributed by atoms with Crippen LogP contribution in [0.5, 0.6) is 11.5 Å². The summed E-state index contributed by atoms with van der Waals surface area (Å²) in [4.78, 5) is 30.9. The van der Waals surface area contributed by atoms with E-state index in [1.807, 2.05) is 4.90 Å². The number of likely N-dealkylation sites (tertiary alicyclic amines) is 1. The van der Waals surface area contributed by atoms with Crippen molar-refractivity contribution >= 4 is 11.7 Å². The average Bonchev–Trinajstić information content (AvgIpc) is 3.25. The number of aromatic nitrogens is 3. The average molecular weight is 370 g/mol. The summed E-state index contributed by atoms with van der Waals surface area (Å²) >= 11 is 0. The first kappa shape index (κ1) is 17.5. The van der Waals surface area contributed by atoms with Gasteiger partial charge < -0.3 is 14.4 Å². The van der Waals surface area contributed by atoms with Gasteiger partial charge in [0, 0.05) is 31.0 Å². The minimum absolute atomic E-state index is 0.0630.